The number of carbonyl (C=O) groups is 6. The largest absolute Gasteiger partial charge is 0.480 e. The molecule has 0 radical (unpaired) electrons. The minimum absolute atomic E-state index is 0.0210. The lowest BCUT2D eigenvalue weighted by molar-refractivity contribution is -0.142. The summed E-state index contributed by atoms with van der Waals surface area (Å²) < 4.78 is 0. The molecular weight excluding hydrogens is 498 g/mol. The van der Waals surface area contributed by atoms with Gasteiger partial charge in [0.25, 0.3) is 0 Å². The highest BCUT2D eigenvalue weighted by atomic mass is 32.1. The number of thiol groups is 1. The molecule has 0 fully saturated rings. The van der Waals surface area contributed by atoms with E-state index in [2.05, 4.69) is 33.6 Å². The van der Waals surface area contributed by atoms with E-state index in [0.29, 0.717) is 0 Å². The van der Waals surface area contributed by atoms with Gasteiger partial charge in [-0.1, -0.05) is 0 Å². The fourth-order valence-corrected chi connectivity index (χ4v) is 3.02. The van der Waals surface area contributed by atoms with Crippen molar-refractivity contribution in [1.82, 2.24) is 16.0 Å². The minimum Gasteiger partial charge on any atom is -0.480 e. The zero-order valence-corrected chi connectivity index (χ0v) is 20.5. The zero-order valence-electron chi connectivity index (χ0n) is 19.6. The van der Waals surface area contributed by atoms with E-state index in [1.165, 1.54) is 0 Å². The number of rotatable bonds is 18. The molecule has 0 aliphatic heterocycles. The van der Waals surface area contributed by atoms with E-state index < -0.39 is 59.7 Å². The number of amides is 5. The average molecular weight is 534 g/mol. The van der Waals surface area contributed by atoms with E-state index >= 15 is 0 Å². The van der Waals surface area contributed by atoms with Crippen molar-refractivity contribution in [2.24, 2.45) is 33.7 Å². The van der Waals surface area contributed by atoms with Gasteiger partial charge in [-0.2, -0.15) is 12.6 Å². The van der Waals surface area contributed by atoms with Gasteiger partial charge in [-0.05, 0) is 25.7 Å². The molecule has 0 aromatic carbocycles. The summed E-state index contributed by atoms with van der Waals surface area (Å²) in [6, 6.07) is -5.05. The third-order valence-electron chi connectivity index (χ3n) is 4.73. The van der Waals surface area contributed by atoms with Crippen LogP contribution >= 0.6 is 12.6 Å². The first-order valence-electron chi connectivity index (χ1n) is 10.9. The molecule has 16 nitrogen and oxygen atoms in total. The summed E-state index contributed by atoms with van der Waals surface area (Å²) in [6.45, 7) is 0.134. The van der Waals surface area contributed by atoms with Crippen LogP contribution in [0.2, 0.25) is 0 Å². The highest BCUT2D eigenvalue weighted by molar-refractivity contribution is 7.80. The summed E-state index contributed by atoms with van der Waals surface area (Å²) in [5, 5.41) is 16.4. The van der Waals surface area contributed by atoms with Gasteiger partial charge in [-0.3, -0.25) is 29.0 Å². The fraction of sp³-hybridized carbons (Fsp3) is 0.632. The number of nitrogens with two attached hydrogens (primary N) is 5. The number of hydrogen-bond acceptors (Lipinski definition) is 9. The molecule has 0 spiro atoms. The summed E-state index contributed by atoms with van der Waals surface area (Å²) in [4.78, 5) is 75.1. The Hall–Kier alpha value is -3.60. The quantitative estimate of drug-likeness (QED) is 0.0347. The van der Waals surface area contributed by atoms with Gasteiger partial charge in [0.1, 0.15) is 18.1 Å². The van der Waals surface area contributed by atoms with Crippen molar-refractivity contribution in [3.05, 3.63) is 0 Å². The van der Waals surface area contributed by atoms with Crippen molar-refractivity contribution in [2.45, 2.75) is 62.7 Å². The highest BCUT2D eigenvalue weighted by Crippen LogP contribution is 2.04. The molecule has 0 aromatic rings. The van der Waals surface area contributed by atoms with Crippen LogP contribution in [0.1, 0.15) is 38.5 Å². The van der Waals surface area contributed by atoms with Crippen molar-refractivity contribution >= 4 is 54.1 Å². The molecule has 5 amide bonds. The van der Waals surface area contributed by atoms with Crippen LogP contribution in [0.4, 0.5) is 0 Å². The van der Waals surface area contributed by atoms with Gasteiger partial charge < -0.3 is 49.7 Å². The number of hydrogen-bond donors (Lipinski definition) is 10. The molecule has 0 bridgehead atoms. The van der Waals surface area contributed by atoms with E-state index in [4.69, 9.17) is 28.7 Å². The summed E-state index contributed by atoms with van der Waals surface area (Å²) in [7, 11) is 0. The maximum atomic E-state index is 12.8. The Labute approximate surface area is 212 Å². The van der Waals surface area contributed by atoms with E-state index in [1.54, 1.807) is 0 Å². The van der Waals surface area contributed by atoms with E-state index in [-0.39, 0.29) is 56.8 Å². The van der Waals surface area contributed by atoms with Crippen LogP contribution in [0.3, 0.4) is 0 Å². The van der Waals surface area contributed by atoms with Gasteiger partial charge in [0.05, 0.1) is 6.04 Å². The Morgan fingerprint density at radius 3 is 1.75 bits per heavy atom. The predicted molar refractivity (Wildman–Crippen MR) is 132 cm³/mol. The summed E-state index contributed by atoms with van der Waals surface area (Å²) >= 11 is 4.02. The molecule has 14 N–H and O–H groups in total. The molecule has 0 rings (SSSR count). The van der Waals surface area contributed by atoms with Crippen molar-refractivity contribution in [1.29, 1.82) is 0 Å². The predicted octanol–water partition coefficient (Wildman–Crippen LogP) is -4.63. The van der Waals surface area contributed by atoms with Gasteiger partial charge in [0.15, 0.2) is 5.96 Å². The topological polar surface area (TPSA) is 301 Å². The Kier molecular flexibility index (Phi) is 15.2. The SMILES string of the molecule is NC(=O)CCC(N)C(=O)NC(CS)C(=O)NC(CCC(N)=O)C(=O)NC(CCCN=C(N)N)C(=O)O. The van der Waals surface area contributed by atoms with Crippen LogP contribution in [-0.4, -0.2) is 83.0 Å². The van der Waals surface area contributed by atoms with Crippen molar-refractivity contribution in [3.8, 4) is 0 Å². The fourth-order valence-electron chi connectivity index (χ4n) is 2.76. The summed E-state index contributed by atoms with van der Waals surface area (Å²) in [6.07, 6.45) is -0.511. The van der Waals surface area contributed by atoms with Gasteiger partial charge in [-0.25, -0.2) is 4.79 Å². The summed E-state index contributed by atoms with van der Waals surface area (Å²) in [5.74, 6) is -5.58. The standard InChI is InChI=1S/C19H35N9O7S/c20-9(3-5-13(21)29)15(31)28-12(8-36)17(33)26-10(4-6-14(22)30)16(32)27-11(18(34)35)2-1-7-25-19(23)24/h9-12,36H,1-8,20H2,(H2,21,29)(H2,22,30)(H,26,33)(H,27,32)(H,28,31)(H,34,35)(H4,23,24,25). The average Bonchev–Trinajstić information content (AvgIpc) is 2.79. The molecule has 0 aliphatic rings. The number of carboxylic acids is 1. The normalized spacial score (nSPS) is 13.8. The van der Waals surface area contributed by atoms with Crippen LogP contribution in [0.5, 0.6) is 0 Å². The lowest BCUT2D eigenvalue weighted by Gasteiger charge is -2.24. The maximum Gasteiger partial charge on any atom is 0.326 e. The number of primary amides is 2. The highest BCUT2D eigenvalue weighted by Gasteiger charge is 2.30. The minimum atomic E-state index is -1.35. The van der Waals surface area contributed by atoms with E-state index in [0.717, 1.165) is 0 Å². The molecule has 0 heterocycles. The molecule has 0 aliphatic carbocycles. The molecule has 0 saturated heterocycles. The first kappa shape index (κ1) is 32.4. The zero-order chi connectivity index (χ0) is 27.8. The van der Waals surface area contributed by atoms with Crippen LogP contribution in [0.15, 0.2) is 4.99 Å². The van der Waals surface area contributed by atoms with Gasteiger partial charge in [0.2, 0.25) is 29.5 Å². The lowest BCUT2D eigenvalue weighted by atomic mass is 10.1. The second-order valence-electron chi connectivity index (χ2n) is 7.77. The third-order valence-corrected chi connectivity index (χ3v) is 5.09. The van der Waals surface area contributed by atoms with Crippen molar-refractivity contribution in [2.75, 3.05) is 12.3 Å². The molecule has 204 valence electrons. The molecular formula is C19H35N9O7S. The van der Waals surface area contributed by atoms with Crippen LogP contribution in [-0.2, 0) is 28.8 Å². The van der Waals surface area contributed by atoms with E-state index in [9.17, 15) is 33.9 Å². The Morgan fingerprint density at radius 1 is 0.750 bits per heavy atom. The number of aliphatic carboxylic acids is 1. The van der Waals surface area contributed by atoms with Crippen LogP contribution < -0.4 is 44.6 Å². The molecule has 0 saturated carbocycles. The molecule has 4 atom stereocenters. The number of aliphatic imine (C=N–C) groups is 1. The summed E-state index contributed by atoms with van der Waals surface area (Å²) in [5.41, 5.74) is 26.3. The monoisotopic (exact) mass is 533 g/mol. The maximum absolute atomic E-state index is 12.8. The Morgan fingerprint density at radius 2 is 1.25 bits per heavy atom. The van der Waals surface area contributed by atoms with Crippen LogP contribution in [0.25, 0.3) is 0 Å². The lowest BCUT2D eigenvalue weighted by Crippen LogP contribution is -2.57. The van der Waals surface area contributed by atoms with Crippen molar-refractivity contribution in [3.63, 3.8) is 0 Å². The van der Waals surface area contributed by atoms with Gasteiger partial charge in [0, 0.05) is 25.1 Å². The second kappa shape index (κ2) is 16.9. The molecule has 0 aromatic heterocycles. The van der Waals surface area contributed by atoms with Crippen LogP contribution in [0, 0.1) is 0 Å². The number of nitrogens with zero attached hydrogens (tertiary/aromatic N) is 1. The molecule has 36 heavy (non-hydrogen) atoms. The second-order valence-corrected chi connectivity index (χ2v) is 8.13. The van der Waals surface area contributed by atoms with Crippen molar-refractivity contribution < 1.29 is 33.9 Å². The number of carbonyl (C=O) groups excluding carboxylic acids is 5. The smallest absolute Gasteiger partial charge is 0.326 e. The first-order chi connectivity index (χ1) is 16.8. The first-order valence-corrected chi connectivity index (χ1v) is 11.5. The molecule has 17 heteroatoms. The Balaban J connectivity index is 5.31. The Bertz CT molecular complexity index is 836. The number of nitrogens with one attached hydrogen (secondary N) is 3. The van der Waals surface area contributed by atoms with Gasteiger partial charge in [-0.15, -0.1) is 0 Å². The number of guanidine groups is 1. The third kappa shape index (κ3) is 14.0. The number of carboxylic acid groups (broad SMARTS) is 1. The molecule has 4 unspecified atom stereocenters. The van der Waals surface area contributed by atoms with Gasteiger partial charge >= 0.3 is 5.97 Å². The van der Waals surface area contributed by atoms with E-state index in [1.807, 2.05) is 0 Å².